The number of esters is 1. The minimum Gasteiger partial charge on any atom is -0.465 e. The number of nitrogen functional groups attached to an aromatic ring is 1. The van der Waals surface area contributed by atoms with Gasteiger partial charge < -0.3 is 15.8 Å². The summed E-state index contributed by atoms with van der Waals surface area (Å²) < 4.78 is 5.38. The monoisotopic (exact) mass is 298 g/mol. The molecule has 0 aliphatic carbocycles. The lowest BCUT2D eigenvalue weighted by Gasteiger charge is -2.11. The topological polar surface area (TPSA) is 64.3 Å². The molecule has 0 fully saturated rings. The maximum Gasteiger partial charge on any atom is 0.337 e. The number of hydrogen-bond acceptors (Lipinski definition) is 4. The first-order chi connectivity index (χ1) is 8.10. The summed E-state index contributed by atoms with van der Waals surface area (Å²) >= 11 is 3.37. The van der Waals surface area contributed by atoms with E-state index in [4.69, 9.17) is 5.73 Å². The predicted octanol–water partition coefficient (Wildman–Crippen LogP) is 2.81. The predicted molar refractivity (Wildman–Crippen MR) is 73.2 cm³/mol. The minimum absolute atomic E-state index is 0.405. The van der Waals surface area contributed by atoms with Gasteiger partial charge in [-0.15, -0.1) is 0 Å². The van der Waals surface area contributed by atoms with Crippen LogP contribution in [0.25, 0.3) is 0 Å². The van der Waals surface area contributed by atoms with Crippen LogP contribution in [0.5, 0.6) is 0 Å². The van der Waals surface area contributed by atoms with Gasteiger partial charge in [0.15, 0.2) is 0 Å². The number of hydrogen-bond donors (Lipinski definition) is 2. The molecular formula is C12H15BrN2O2. The van der Waals surface area contributed by atoms with Gasteiger partial charge >= 0.3 is 5.97 Å². The summed E-state index contributed by atoms with van der Waals surface area (Å²) in [5.41, 5.74) is 7.57. The Balaban J connectivity index is 2.98. The molecule has 1 aromatic carbocycles. The first kappa shape index (κ1) is 13.6. The van der Waals surface area contributed by atoms with E-state index in [1.165, 1.54) is 7.11 Å². The summed E-state index contributed by atoms with van der Waals surface area (Å²) in [5, 5.41) is 3.16. The van der Waals surface area contributed by atoms with Crippen molar-refractivity contribution in [2.24, 2.45) is 0 Å². The number of nitrogens with one attached hydrogen (secondary N) is 1. The van der Waals surface area contributed by atoms with Crippen LogP contribution in [0.1, 0.15) is 17.3 Å². The molecule has 0 amide bonds. The normalized spacial score (nSPS) is 10.5. The molecule has 0 bridgehead atoms. The van der Waals surface area contributed by atoms with Gasteiger partial charge in [0.05, 0.1) is 24.0 Å². The third kappa shape index (κ3) is 3.49. The van der Waals surface area contributed by atoms with Gasteiger partial charge in [-0.25, -0.2) is 4.79 Å². The van der Waals surface area contributed by atoms with Crippen molar-refractivity contribution in [3.63, 3.8) is 0 Å². The van der Waals surface area contributed by atoms with Crippen molar-refractivity contribution in [1.29, 1.82) is 0 Å². The van der Waals surface area contributed by atoms with E-state index in [1.54, 1.807) is 12.1 Å². The molecule has 3 N–H and O–H groups in total. The molecule has 0 spiro atoms. The fourth-order valence-corrected chi connectivity index (χ4v) is 1.94. The first-order valence-electron chi connectivity index (χ1n) is 5.12. The Bertz CT molecular complexity index is 421. The molecule has 0 unspecified atom stereocenters. The lowest BCUT2D eigenvalue weighted by atomic mass is 10.1. The number of allylic oxidation sites excluding steroid dienone is 1. The number of anilines is 2. The number of ether oxygens (including phenoxy) is 1. The standard InChI is InChI=1S/C12H15BrN2O2/c1-3-4-5-15-11-9(13)6-8(7-10(11)14)12(16)17-2/h3-4,6-7,15H,5,14H2,1-2H3. The van der Waals surface area contributed by atoms with E-state index in [0.717, 1.165) is 10.2 Å². The molecule has 0 saturated carbocycles. The van der Waals surface area contributed by atoms with Crippen molar-refractivity contribution in [1.82, 2.24) is 0 Å². The van der Waals surface area contributed by atoms with E-state index in [9.17, 15) is 4.79 Å². The second-order valence-corrected chi connectivity index (χ2v) is 4.22. The highest BCUT2D eigenvalue weighted by molar-refractivity contribution is 9.10. The van der Waals surface area contributed by atoms with Gasteiger partial charge in [-0.2, -0.15) is 0 Å². The highest BCUT2D eigenvalue weighted by Crippen LogP contribution is 2.30. The molecule has 1 rings (SSSR count). The molecule has 0 aliphatic rings. The zero-order chi connectivity index (χ0) is 12.8. The Kier molecular flexibility index (Phi) is 5.03. The summed E-state index contributed by atoms with van der Waals surface area (Å²) in [7, 11) is 1.34. The molecule has 0 aliphatic heterocycles. The smallest absolute Gasteiger partial charge is 0.337 e. The zero-order valence-electron chi connectivity index (χ0n) is 9.79. The number of halogens is 1. The molecule has 5 heteroatoms. The number of carbonyl (C=O) groups is 1. The van der Waals surface area contributed by atoms with Gasteiger partial charge in [0, 0.05) is 11.0 Å². The Morgan fingerprint density at radius 2 is 2.29 bits per heavy atom. The van der Waals surface area contributed by atoms with Crippen molar-refractivity contribution >= 4 is 33.3 Å². The van der Waals surface area contributed by atoms with E-state index in [0.29, 0.717) is 17.8 Å². The largest absolute Gasteiger partial charge is 0.465 e. The van der Waals surface area contributed by atoms with Crippen molar-refractivity contribution < 1.29 is 9.53 Å². The Morgan fingerprint density at radius 3 is 2.82 bits per heavy atom. The van der Waals surface area contributed by atoms with E-state index in [2.05, 4.69) is 26.0 Å². The fourth-order valence-electron chi connectivity index (χ4n) is 1.33. The molecule has 0 aromatic heterocycles. The second-order valence-electron chi connectivity index (χ2n) is 3.36. The molecule has 0 atom stereocenters. The average molecular weight is 299 g/mol. The molecule has 0 heterocycles. The first-order valence-corrected chi connectivity index (χ1v) is 5.91. The summed E-state index contributed by atoms with van der Waals surface area (Å²) in [6.07, 6.45) is 3.92. The lowest BCUT2D eigenvalue weighted by molar-refractivity contribution is 0.0600. The highest BCUT2D eigenvalue weighted by Gasteiger charge is 2.11. The van der Waals surface area contributed by atoms with Gasteiger partial charge in [0.1, 0.15) is 0 Å². The van der Waals surface area contributed by atoms with Crippen LogP contribution in [0.3, 0.4) is 0 Å². The number of methoxy groups -OCH3 is 1. The summed E-state index contributed by atoms with van der Waals surface area (Å²) in [6, 6.07) is 3.27. The SMILES string of the molecule is CC=CCNc1c(N)cc(C(=O)OC)cc1Br. The van der Waals surface area contributed by atoms with Crippen molar-refractivity contribution in [3.05, 3.63) is 34.3 Å². The van der Waals surface area contributed by atoms with Gasteiger partial charge in [-0.1, -0.05) is 12.2 Å². The minimum atomic E-state index is -0.405. The number of rotatable bonds is 4. The van der Waals surface area contributed by atoms with Crippen LogP contribution in [-0.2, 0) is 4.74 Å². The van der Waals surface area contributed by atoms with Gasteiger partial charge in [-0.3, -0.25) is 0 Å². The number of nitrogens with two attached hydrogens (primary N) is 1. The molecule has 92 valence electrons. The van der Waals surface area contributed by atoms with Crippen LogP contribution in [-0.4, -0.2) is 19.6 Å². The third-order valence-electron chi connectivity index (χ3n) is 2.17. The van der Waals surface area contributed by atoms with Crippen LogP contribution in [0, 0.1) is 0 Å². The van der Waals surface area contributed by atoms with Crippen molar-refractivity contribution in [3.8, 4) is 0 Å². The average Bonchev–Trinajstić information content (AvgIpc) is 2.31. The molecule has 0 saturated heterocycles. The summed E-state index contributed by atoms with van der Waals surface area (Å²) in [5.74, 6) is -0.405. The summed E-state index contributed by atoms with van der Waals surface area (Å²) in [4.78, 5) is 11.4. The second kappa shape index (κ2) is 6.30. The van der Waals surface area contributed by atoms with Crippen molar-refractivity contribution in [2.45, 2.75) is 6.92 Å². The van der Waals surface area contributed by atoms with Crippen LogP contribution < -0.4 is 11.1 Å². The van der Waals surface area contributed by atoms with Crippen LogP contribution >= 0.6 is 15.9 Å². The van der Waals surface area contributed by atoms with Gasteiger partial charge in [0.2, 0.25) is 0 Å². The number of carbonyl (C=O) groups excluding carboxylic acids is 1. The van der Waals surface area contributed by atoms with Crippen LogP contribution in [0.2, 0.25) is 0 Å². The van der Waals surface area contributed by atoms with E-state index in [1.807, 2.05) is 19.1 Å². The third-order valence-corrected chi connectivity index (χ3v) is 2.80. The Morgan fingerprint density at radius 1 is 1.59 bits per heavy atom. The van der Waals surface area contributed by atoms with E-state index >= 15 is 0 Å². The van der Waals surface area contributed by atoms with Gasteiger partial charge in [0.25, 0.3) is 0 Å². The molecule has 4 nitrogen and oxygen atoms in total. The van der Waals surface area contributed by atoms with Crippen LogP contribution in [0.4, 0.5) is 11.4 Å². The highest BCUT2D eigenvalue weighted by atomic mass is 79.9. The Hall–Kier alpha value is -1.49. The zero-order valence-corrected chi connectivity index (χ0v) is 11.4. The van der Waals surface area contributed by atoms with E-state index < -0.39 is 5.97 Å². The van der Waals surface area contributed by atoms with E-state index in [-0.39, 0.29) is 0 Å². The number of benzene rings is 1. The molecule has 1 aromatic rings. The quantitative estimate of drug-likeness (QED) is 0.510. The Labute approximate surface area is 109 Å². The molecular weight excluding hydrogens is 284 g/mol. The fraction of sp³-hybridized carbons (Fsp3) is 0.250. The van der Waals surface area contributed by atoms with Crippen molar-refractivity contribution in [2.75, 3.05) is 24.7 Å². The summed E-state index contributed by atoms with van der Waals surface area (Å²) in [6.45, 7) is 2.62. The lowest BCUT2D eigenvalue weighted by Crippen LogP contribution is -2.07. The molecule has 0 radical (unpaired) electrons. The maximum absolute atomic E-state index is 11.4. The maximum atomic E-state index is 11.4. The molecule has 17 heavy (non-hydrogen) atoms. The van der Waals surface area contributed by atoms with Crippen LogP contribution in [0.15, 0.2) is 28.8 Å². The van der Waals surface area contributed by atoms with Gasteiger partial charge in [-0.05, 0) is 35.0 Å².